The number of benzene rings is 1. The molecule has 1 aromatic heterocycles. The number of amides is 2. The van der Waals surface area contributed by atoms with Gasteiger partial charge in [0.05, 0.1) is 12.2 Å². The van der Waals surface area contributed by atoms with E-state index in [4.69, 9.17) is 4.74 Å². The first-order chi connectivity index (χ1) is 14.7. The van der Waals surface area contributed by atoms with Gasteiger partial charge in [-0.3, -0.25) is 9.59 Å². The smallest absolute Gasteiger partial charge is 0.259 e. The molecule has 0 radical (unpaired) electrons. The van der Waals surface area contributed by atoms with Crippen molar-refractivity contribution in [3.8, 4) is 0 Å². The summed E-state index contributed by atoms with van der Waals surface area (Å²) >= 11 is 0. The van der Waals surface area contributed by atoms with E-state index < -0.39 is 6.10 Å². The van der Waals surface area contributed by atoms with Crippen LogP contribution < -0.4 is 5.32 Å². The molecule has 2 aromatic rings. The van der Waals surface area contributed by atoms with Crippen molar-refractivity contribution in [2.75, 3.05) is 25.5 Å². The second-order valence-electron chi connectivity index (χ2n) is 8.21. The molecule has 2 heterocycles. The molecule has 7 heteroatoms. The Morgan fingerprint density at radius 3 is 2.43 bits per heavy atom. The molecular formula is C23H30N4O3. The molecule has 4 rings (SSSR count). The number of hydrogen-bond donors (Lipinski definition) is 1. The largest absolute Gasteiger partial charge is 0.367 e. The number of carbonyl (C=O) groups is 2. The van der Waals surface area contributed by atoms with Crippen LogP contribution in [0.5, 0.6) is 0 Å². The van der Waals surface area contributed by atoms with Crippen molar-refractivity contribution in [1.29, 1.82) is 0 Å². The third-order valence-corrected chi connectivity index (χ3v) is 6.32. The number of nitrogens with one attached hydrogen (secondary N) is 1. The first-order valence-corrected chi connectivity index (χ1v) is 10.9. The summed E-state index contributed by atoms with van der Waals surface area (Å²) in [5.74, 6) is 0.994. The summed E-state index contributed by atoms with van der Waals surface area (Å²) < 4.78 is 7.32. The lowest BCUT2D eigenvalue weighted by Crippen LogP contribution is -2.42. The van der Waals surface area contributed by atoms with Crippen LogP contribution in [0.2, 0.25) is 0 Å². The Bertz CT molecular complexity index is 852. The molecule has 1 aliphatic carbocycles. The Morgan fingerprint density at radius 2 is 1.77 bits per heavy atom. The summed E-state index contributed by atoms with van der Waals surface area (Å²) in [6.07, 6.45) is 7.14. The molecule has 1 saturated heterocycles. The van der Waals surface area contributed by atoms with Crippen LogP contribution in [-0.2, 0) is 14.3 Å². The highest BCUT2D eigenvalue weighted by Gasteiger charge is 2.31. The average molecular weight is 411 g/mol. The summed E-state index contributed by atoms with van der Waals surface area (Å²) in [4.78, 5) is 27.5. The molecule has 1 saturated carbocycles. The fourth-order valence-electron chi connectivity index (χ4n) is 4.68. The fraction of sp³-hybridized carbons (Fsp3) is 0.522. The van der Waals surface area contributed by atoms with Crippen molar-refractivity contribution in [2.24, 2.45) is 5.92 Å². The maximum atomic E-state index is 12.8. The van der Waals surface area contributed by atoms with E-state index in [1.165, 1.54) is 20.0 Å². The van der Waals surface area contributed by atoms with Gasteiger partial charge in [0, 0.05) is 32.2 Å². The van der Waals surface area contributed by atoms with Crippen molar-refractivity contribution in [2.45, 2.75) is 50.7 Å². The molecule has 1 N–H and O–H groups in total. The van der Waals surface area contributed by atoms with E-state index in [0.29, 0.717) is 11.7 Å². The molecule has 2 amide bonds. The minimum Gasteiger partial charge on any atom is -0.367 e. The zero-order valence-corrected chi connectivity index (χ0v) is 17.5. The minimum absolute atomic E-state index is 0.167. The van der Waals surface area contributed by atoms with Gasteiger partial charge in [-0.15, -0.1) is 0 Å². The molecular weight excluding hydrogens is 380 g/mol. The van der Waals surface area contributed by atoms with Gasteiger partial charge >= 0.3 is 0 Å². The SMILES string of the molecule is CO[C@@H](C(=O)Nc1ccnn1C1CCN(C(=O)C2CCCC2)CC1)c1ccccc1. The minimum atomic E-state index is -0.680. The number of hydrogen-bond acceptors (Lipinski definition) is 4. The second-order valence-corrected chi connectivity index (χ2v) is 8.21. The van der Waals surface area contributed by atoms with E-state index in [1.807, 2.05) is 46.0 Å². The molecule has 30 heavy (non-hydrogen) atoms. The van der Waals surface area contributed by atoms with Crippen molar-refractivity contribution in [3.05, 3.63) is 48.2 Å². The zero-order valence-electron chi connectivity index (χ0n) is 17.5. The second kappa shape index (κ2) is 9.43. The lowest BCUT2D eigenvalue weighted by atomic mass is 10.0. The first-order valence-electron chi connectivity index (χ1n) is 10.9. The van der Waals surface area contributed by atoms with Gasteiger partial charge in [-0.25, -0.2) is 4.68 Å². The van der Waals surface area contributed by atoms with Crippen molar-refractivity contribution < 1.29 is 14.3 Å². The van der Waals surface area contributed by atoms with Gasteiger partial charge in [0.1, 0.15) is 5.82 Å². The van der Waals surface area contributed by atoms with Crippen LogP contribution in [0, 0.1) is 5.92 Å². The lowest BCUT2D eigenvalue weighted by molar-refractivity contribution is -0.136. The highest BCUT2D eigenvalue weighted by molar-refractivity contribution is 5.94. The number of ether oxygens (including phenoxy) is 1. The Labute approximate surface area is 177 Å². The summed E-state index contributed by atoms with van der Waals surface area (Å²) in [5, 5.41) is 7.43. The summed E-state index contributed by atoms with van der Waals surface area (Å²) in [6.45, 7) is 1.50. The molecule has 160 valence electrons. The lowest BCUT2D eigenvalue weighted by Gasteiger charge is -2.34. The summed E-state index contributed by atoms with van der Waals surface area (Å²) in [5.41, 5.74) is 0.808. The number of rotatable bonds is 6. The van der Waals surface area contributed by atoms with E-state index in [-0.39, 0.29) is 17.9 Å². The van der Waals surface area contributed by atoms with Gasteiger partial charge in [0.25, 0.3) is 5.91 Å². The Morgan fingerprint density at radius 1 is 1.07 bits per heavy atom. The van der Waals surface area contributed by atoms with Crippen LogP contribution in [0.15, 0.2) is 42.6 Å². The van der Waals surface area contributed by atoms with Crippen LogP contribution in [0.25, 0.3) is 0 Å². The van der Waals surface area contributed by atoms with Crippen molar-refractivity contribution in [3.63, 3.8) is 0 Å². The van der Waals surface area contributed by atoms with Crippen molar-refractivity contribution >= 4 is 17.6 Å². The number of nitrogens with zero attached hydrogens (tertiary/aromatic N) is 3. The van der Waals surface area contributed by atoms with E-state index in [0.717, 1.165) is 44.3 Å². The normalized spacial score (nSPS) is 19.0. The van der Waals surface area contributed by atoms with E-state index in [1.54, 1.807) is 6.20 Å². The van der Waals surface area contributed by atoms with E-state index >= 15 is 0 Å². The zero-order chi connectivity index (χ0) is 20.9. The number of methoxy groups -OCH3 is 1. The van der Waals surface area contributed by atoms with Crippen molar-refractivity contribution in [1.82, 2.24) is 14.7 Å². The van der Waals surface area contributed by atoms with Crippen LogP contribution in [0.1, 0.15) is 56.2 Å². The molecule has 7 nitrogen and oxygen atoms in total. The van der Waals surface area contributed by atoms with Gasteiger partial charge in [-0.2, -0.15) is 5.10 Å². The van der Waals surface area contributed by atoms with Gasteiger partial charge in [-0.1, -0.05) is 43.2 Å². The van der Waals surface area contributed by atoms with Crippen LogP contribution >= 0.6 is 0 Å². The molecule has 0 bridgehead atoms. The monoisotopic (exact) mass is 410 g/mol. The maximum absolute atomic E-state index is 12.8. The third kappa shape index (κ3) is 4.41. The number of likely N-dealkylation sites (tertiary alicyclic amines) is 1. The molecule has 1 atom stereocenters. The first kappa shape index (κ1) is 20.6. The van der Waals surface area contributed by atoms with Gasteiger partial charge in [-0.05, 0) is 31.2 Å². The van der Waals surface area contributed by atoms with E-state index in [2.05, 4.69) is 10.4 Å². The number of carbonyl (C=O) groups excluding carboxylic acids is 2. The highest BCUT2D eigenvalue weighted by atomic mass is 16.5. The maximum Gasteiger partial charge on any atom is 0.259 e. The molecule has 1 aliphatic heterocycles. The number of piperidine rings is 1. The summed E-state index contributed by atoms with van der Waals surface area (Å²) in [7, 11) is 1.53. The average Bonchev–Trinajstić information content (AvgIpc) is 3.47. The Kier molecular flexibility index (Phi) is 6.47. The standard InChI is InChI=1S/C23H30N4O3/c1-30-21(17-7-3-2-4-8-17)22(28)25-20-11-14-24-27(20)19-12-15-26(16-13-19)23(29)18-9-5-6-10-18/h2-4,7-8,11,14,18-19,21H,5-6,9-10,12-13,15-16H2,1H3,(H,25,28)/t21-/m1/s1. The summed E-state index contributed by atoms with van der Waals surface area (Å²) in [6, 6.07) is 11.4. The highest BCUT2D eigenvalue weighted by Crippen LogP contribution is 2.31. The third-order valence-electron chi connectivity index (χ3n) is 6.32. The Hall–Kier alpha value is -2.67. The number of aromatic nitrogens is 2. The van der Waals surface area contributed by atoms with Gasteiger partial charge < -0.3 is 15.0 Å². The van der Waals surface area contributed by atoms with Gasteiger partial charge in [0.15, 0.2) is 6.10 Å². The predicted octanol–water partition coefficient (Wildman–Crippen LogP) is 3.56. The van der Waals surface area contributed by atoms with E-state index in [9.17, 15) is 9.59 Å². The molecule has 0 spiro atoms. The molecule has 0 unspecified atom stereocenters. The van der Waals surface area contributed by atoms with Gasteiger partial charge in [0.2, 0.25) is 5.91 Å². The Balaban J connectivity index is 1.38. The predicted molar refractivity (Wildman–Crippen MR) is 114 cm³/mol. The topological polar surface area (TPSA) is 76.5 Å². The fourth-order valence-corrected chi connectivity index (χ4v) is 4.68. The molecule has 2 fully saturated rings. The quantitative estimate of drug-likeness (QED) is 0.790. The molecule has 2 aliphatic rings. The van der Waals surface area contributed by atoms with Crippen LogP contribution in [-0.4, -0.2) is 46.7 Å². The molecule has 1 aromatic carbocycles. The number of anilines is 1. The van der Waals surface area contributed by atoms with Crippen LogP contribution in [0.3, 0.4) is 0 Å². The van der Waals surface area contributed by atoms with Crippen LogP contribution in [0.4, 0.5) is 5.82 Å².